The van der Waals surface area contributed by atoms with Gasteiger partial charge in [-0.3, -0.25) is 10.2 Å². The lowest BCUT2D eigenvalue weighted by atomic mass is 10.1. The first-order valence-corrected chi connectivity index (χ1v) is 5.05. The summed E-state index contributed by atoms with van der Waals surface area (Å²) in [6.07, 6.45) is 0. The van der Waals surface area contributed by atoms with E-state index in [1.165, 1.54) is 18.2 Å². The first kappa shape index (κ1) is 13.6. The summed E-state index contributed by atoms with van der Waals surface area (Å²) in [5, 5.41) is 0. The summed E-state index contributed by atoms with van der Waals surface area (Å²) in [6.45, 7) is 0.884. The van der Waals surface area contributed by atoms with Crippen LogP contribution in [0.2, 0.25) is 0 Å². The number of hydrazine groups is 1. The lowest BCUT2D eigenvalue weighted by Gasteiger charge is -2.07. The van der Waals surface area contributed by atoms with E-state index in [2.05, 4.69) is 0 Å². The Kier molecular flexibility index (Phi) is 5.55. The summed E-state index contributed by atoms with van der Waals surface area (Å²) >= 11 is 0. The number of amides is 1. The molecule has 6 heteroatoms. The molecule has 0 spiro atoms. The number of carbonyl (C=O) groups is 1. The highest BCUT2D eigenvalue weighted by molar-refractivity contribution is 5.93. The molecule has 1 aromatic carbocycles. The van der Waals surface area contributed by atoms with Crippen molar-refractivity contribution in [2.45, 2.75) is 6.61 Å². The van der Waals surface area contributed by atoms with Gasteiger partial charge in [0.25, 0.3) is 5.91 Å². The third-order valence-electron chi connectivity index (χ3n) is 2.13. The van der Waals surface area contributed by atoms with Gasteiger partial charge in [0.15, 0.2) is 0 Å². The van der Waals surface area contributed by atoms with E-state index in [1.54, 1.807) is 7.11 Å². The van der Waals surface area contributed by atoms with Crippen LogP contribution >= 0.6 is 0 Å². The first-order chi connectivity index (χ1) is 8.19. The number of benzene rings is 1. The van der Waals surface area contributed by atoms with Gasteiger partial charge in [-0.1, -0.05) is 0 Å². The number of carbonyl (C=O) groups excluding carboxylic acids is 1. The van der Waals surface area contributed by atoms with E-state index in [0.717, 1.165) is 0 Å². The van der Waals surface area contributed by atoms with Crippen LogP contribution in [0.5, 0.6) is 0 Å². The van der Waals surface area contributed by atoms with Crippen LogP contribution in [0, 0.1) is 5.82 Å². The molecule has 0 aliphatic carbocycles. The molecular formula is C11H15FN2O3. The normalized spacial score (nSPS) is 10.3. The van der Waals surface area contributed by atoms with E-state index in [9.17, 15) is 9.18 Å². The zero-order valence-electron chi connectivity index (χ0n) is 9.53. The number of hydrogen-bond acceptors (Lipinski definition) is 4. The molecule has 3 N–H and O–H groups in total. The molecule has 0 radical (unpaired) electrons. The fourth-order valence-corrected chi connectivity index (χ4v) is 1.23. The predicted molar refractivity (Wildman–Crippen MR) is 59.6 cm³/mol. The van der Waals surface area contributed by atoms with E-state index in [1.807, 2.05) is 5.43 Å². The van der Waals surface area contributed by atoms with E-state index in [4.69, 9.17) is 15.3 Å². The van der Waals surface area contributed by atoms with Crippen LogP contribution in [0.4, 0.5) is 4.39 Å². The van der Waals surface area contributed by atoms with Gasteiger partial charge in [-0.25, -0.2) is 10.2 Å². The Morgan fingerprint density at radius 3 is 2.88 bits per heavy atom. The quantitative estimate of drug-likeness (QED) is 0.331. The van der Waals surface area contributed by atoms with Crippen LogP contribution in [0.1, 0.15) is 15.9 Å². The van der Waals surface area contributed by atoms with Crippen LogP contribution in [-0.4, -0.2) is 26.2 Å². The maximum Gasteiger partial charge on any atom is 0.265 e. The number of rotatable bonds is 6. The molecule has 0 aromatic heterocycles. The van der Waals surface area contributed by atoms with E-state index >= 15 is 0 Å². The number of halogens is 1. The number of methoxy groups -OCH3 is 1. The van der Waals surface area contributed by atoms with Crippen LogP contribution in [0.25, 0.3) is 0 Å². The molecular weight excluding hydrogens is 227 g/mol. The summed E-state index contributed by atoms with van der Waals surface area (Å²) in [5.74, 6) is 4.10. The molecule has 0 atom stereocenters. The SMILES string of the molecule is COCCOCc1cc(C(=O)NN)ccc1F. The molecule has 0 saturated heterocycles. The number of nitrogens with two attached hydrogens (primary N) is 1. The summed E-state index contributed by atoms with van der Waals surface area (Å²) in [4.78, 5) is 11.2. The zero-order chi connectivity index (χ0) is 12.7. The summed E-state index contributed by atoms with van der Waals surface area (Å²) in [5.41, 5.74) is 2.58. The summed E-state index contributed by atoms with van der Waals surface area (Å²) in [7, 11) is 1.55. The van der Waals surface area contributed by atoms with Crippen LogP contribution in [-0.2, 0) is 16.1 Å². The maximum atomic E-state index is 13.4. The Hall–Kier alpha value is -1.50. The molecule has 5 nitrogen and oxygen atoms in total. The predicted octanol–water partition coefficient (Wildman–Crippen LogP) is 0.592. The van der Waals surface area contributed by atoms with Crippen molar-refractivity contribution in [3.05, 3.63) is 35.1 Å². The van der Waals surface area contributed by atoms with Gasteiger partial charge < -0.3 is 9.47 Å². The van der Waals surface area contributed by atoms with Gasteiger partial charge in [-0.15, -0.1) is 0 Å². The molecule has 1 aromatic rings. The highest BCUT2D eigenvalue weighted by Gasteiger charge is 2.08. The molecule has 0 aliphatic heterocycles. The van der Waals surface area contributed by atoms with Crippen molar-refractivity contribution < 1.29 is 18.7 Å². The number of nitrogens with one attached hydrogen (secondary N) is 1. The standard InChI is InChI=1S/C11H15FN2O3/c1-16-4-5-17-7-9-6-8(11(15)14-13)2-3-10(9)12/h2-3,6H,4-5,7,13H2,1H3,(H,14,15). The van der Waals surface area contributed by atoms with Crippen molar-refractivity contribution >= 4 is 5.91 Å². The smallest absolute Gasteiger partial charge is 0.265 e. The van der Waals surface area contributed by atoms with Gasteiger partial charge in [0.05, 0.1) is 19.8 Å². The number of ether oxygens (including phenoxy) is 2. The number of nitrogen functional groups attached to an aromatic ring is 1. The zero-order valence-corrected chi connectivity index (χ0v) is 9.53. The van der Waals surface area contributed by atoms with Gasteiger partial charge in [0.1, 0.15) is 5.82 Å². The minimum absolute atomic E-state index is 0.0842. The van der Waals surface area contributed by atoms with Crippen molar-refractivity contribution in [3.8, 4) is 0 Å². The second-order valence-electron chi connectivity index (χ2n) is 3.33. The largest absolute Gasteiger partial charge is 0.382 e. The van der Waals surface area contributed by atoms with E-state index in [-0.39, 0.29) is 6.61 Å². The van der Waals surface area contributed by atoms with Gasteiger partial charge in [-0.2, -0.15) is 0 Å². The molecule has 0 heterocycles. The minimum atomic E-state index is -0.469. The van der Waals surface area contributed by atoms with E-state index < -0.39 is 11.7 Å². The highest BCUT2D eigenvalue weighted by atomic mass is 19.1. The molecule has 1 rings (SSSR count). The van der Waals surface area contributed by atoms with Crippen molar-refractivity contribution in [3.63, 3.8) is 0 Å². The monoisotopic (exact) mass is 242 g/mol. The van der Waals surface area contributed by atoms with Crippen LogP contribution in [0.3, 0.4) is 0 Å². The third-order valence-corrected chi connectivity index (χ3v) is 2.13. The fraction of sp³-hybridized carbons (Fsp3) is 0.364. The molecule has 1 amide bonds. The Morgan fingerprint density at radius 2 is 2.24 bits per heavy atom. The van der Waals surface area contributed by atoms with Crippen molar-refractivity contribution in [1.82, 2.24) is 5.43 Å². The minimum Gasteiger partial charge on any atom is -0.382 e. The third kappa shape index (κ3) is 4.10. The van der Waals surface area contributed by atoms with Crippen molar-refractivity contribution in [2.75, 3.05) is 20.3 Å². The molecule has 0 bridgehead atoms. The average molecular weight is 242 g/mol. The Morgan fingerprint density at radius 1 is 1.47 bits per heavy atom. The van der Waals surface area contributed by atoms with Crippen molar-refractivity contribution in [1.29, 1.82) is 0 Å². The highest BCUT2D eigenvalue weighted by Crippen LogP contribution is 2.11. The second-order valence-corrected chi connectivity index (χ2v) is 3.33. The van der Waals surface area contributed by atoms with Crippen molar-refractivity contribution in [2.24, 2.45) is 5.84 Å². The molecule has 17 heavy (non-hydrogen) atoms. The Bertz CT molecular complexity index is 385. The molecule has 0 saturated carbocycles. The maximum absolute atomic E-state index is 13.4. The lowest BCUT2D eigenvalue weighted by Crippen LogP contribution is -2.30. The topological polar surface area (TPSA) is 73.6 Å². The van der Waals surface area contributed by atoms with Gasteiger partial charge >= 0.3 is 0 Å². The molecule has 94 valence electrons. The Balaban J connectivity index is 2.66. The van der Waals surface area contributed by atoms with Gasteiger partial charge in [0, 0.05) is 18.2 Å². The first-order valence-electron chi connectivity index (χ1n) is 5.05. The summed E-state index contributed by atoms with van der Waals surface area (Å²) in [6, 6.07) is 3.97. The van der Waals surface area contributed by atoms with Gasteiger partial charge in [0.2, 0.25) is 0 Å². The second kappa shape index (κ2) is 6.95. The van der Waals surface area contributed by atoms with Crippen LogP contribution in [0.15, 0.2) is 18.2 Å². The number of hydrogen-bond donors (Lipinski definition) is 2. The van der Waals surface area contributed by atoms with Gasteiger partial charge in [-0.05, 0) is 18.2 Å². The van der Waals surface area contributed by atoms with E-state index in [0.29, 0.717) is 24.3 Å². The Labute approximate surface area is 98.7 Å². The molecule has 0 aliphatic rings. The lowest BCUT2D eigenvalue weighted by molar-refractivity contribution is 0.0604. The molecule has 0 fully saturated rings. The molecule has 0 unspecified atom stereocenters. The summed E-state index contributed by atoms with van der Waals surface area (Å²) < 4.78 is 23.3. The fourth-order valence-electron chi connectivity index (χ4n) is 1.23. The average Bonchev–Trinajstić information content (AvgIpc) is 2.35. The van der Waals surface area contributed by atoms with Crippen LogP contribution < -0.4 is 11.3 Å².